The largest absolute Gasteiger partial charge is 0.385 e. The van der Waals surface area contributed by atoms with E-state index in [0.29, 0.717) is 0 Å². The van der Waals surface area contributed by atoms with E-state index in [0.717, 1.165) is 62.7 Å². The molecule has 25 heavy (non-hydrogen) atoms. The third-order valence-electron chi connectivity index (χ3n) is 4.43. The molecule has 0 atom stereocenters. The normalized spacial score (nSPS) is 15.3. The zero-order valence-corrected chi connectivity index (χ0v) is 14.6. The van der Waals surface area contributed by atoms with Crippen molar-refractivity contribution in [1.82, 2.24) is 20.0 Å². The predicted molar refractivity (Wildman–Crippen MR) is 97.5 cm³/mol. The summed E-state index contributed by atoms with van der Waals surface area (Å²) < 4.78 is 5.08. The summed E-state index contributed by atoms with van der Waals surface area (Å²) in [5, 5.41) is 9.85. The number of anilines is 1. The molecule has 2 heterocycles. The Morgan fingerprint density at radius 1 is 1.20 bits per heavy atom. The molecule has 7 nitrogen and oxygen atoms in total. The minimum absolute atomic E-state index is 0.0363. The standard InChI is InChI=1S/C18H25N5O2/c1-25-14-2-9-22-10-12-23(13-11-22)18(24)20-16-5-3-15(4-6-16)17-7-8-19-21-17/h3-8H,2,9-14H2,1H3,(H,19,21)(H,20,24). The highest BCUT2D eigenvalue weighted by molar-refractivity contribution is 5.89. The van der Waals surface area contributed by atoms with Crippen LogP contribution in [-0.2, 0) is 4.74 Å². The number of hydrogen-bond acceptors (Lipinski definition) is 4. The molecule has 0 aliphatic carbocycles. The van der Waals surface area contributed by atoms with Crippen LogP contribution >= 0.6 is 0 Å². The smallest absolute Gasteiger partial charge is 0.321 e. The summed E-state index contributed by atoms with van der Waals surface area (Å²) in [6, 6.07) is 9.64. The van der Waals surface area contributed by atoms with Crippen LogP contribution < -0.4 is 5.32 Å². The van der Waals surface area contributed by atoms with Crippen molar-refractivity contribution in [2.24, 2.45) is 0 Å². The van der Waals surface area contributed by atoms with E-state index in [9.17, 15) is 4.79 Å². The van der Waals surface area contributed by atoms with Gasteiger partial charge in [-0.15, -0.1) is 0 Å². The minimum Gasteiger partial charge on any atom is -0.385 e. The number of carbonyl (C=O) groups is 1. The molecular weight excluding hydrogens is 318 g/mol. The van der Waals surface area contributed by atoms with Crippen molar-refractivity contribution in [3.63, 3.8) is 0 Å². The number of amides is 2. The van der Waals surface area contributed by atoms with E-state index in [4.69, 9.17) is 4.74 Å². The lowest BCUT2D eigenvalue weighted by Crippen LogP contribution is -2.50. The predicted octanol–water partition coefficient (Wildman–Crippen LogP) is 2.26. The van der Waals surface area contributed by atoms with E-state index in [1.54, 1.807) is 13.3 Å². The second-order valence-electron chi connectivity index (χ2n) is 6.15. The highest BCUT2D eigenvalue weighted by Crippen LogP contribution is 2.19. The van der Waals surface area contributed by atoms with Crippen molar-refractivity contribution in [2.75, 3.05) is 51.8 Å². The third-order valence-corrected chi connectivity index (χ3v) is 4.43. The number of H-pyrrole nitrogens is 1. The number of aromatic nitrogens is 2. The van der Waals surface area contributed by atoms with Crippen molar-refractivity contribution >= 4 is 11.7 Å². The van der Waals surface area contributed by atoms with Crippen LogP contribution in [0.25, 0.3) is 11.3 Å². The molecule has 0 radical (unpaired) electrons. The number of rotatable bonds is 6. The Kier molecular flexibility index (Phi) is 6.03. The van der Waals surface area contributed by atoms with Gasteiger partial charge in [0.05, 0.1) is 5.69 Å². The van der Waals surface area contributed by atoms with Gasteiger partial charge >= 0.3 is 6.03 Å². The van der Waals surface area contributed by atoms with Crippen LogP contribution in [0.1, 0.15) is 6.42 Å². The average Bonchev–Trinajstić information content (AvgIpc) is 3.18. The van der Waals surface area contributed by atoms with Gasteiger partial charge in [-0.05, 0) is 30.2 Å². The molecule has 2 amide bonds. The second kappa shape index (κ2) is 8.64. The van der Waals surface area contributed by atoms with Gasteiger partial charge in [-0.2, -0.15) is 5.10 Å². The Labute approximate surface area is 148 Å². The van der Waals surface area contributed by atoms with Crippen LogP contribution in [0.5, 0.6) is 0 Å². The maximum atomic E-state index is 12.4. The fourth-order valence-electron chi connectivity index (χ4n) is 2.96. The van der Waals surface area contributed by atoms with Crippen molar-refractivity contribution in [2.45, 2.75) is 6.42 Å². The van der Waals surface area contributed by atoms with E-state index >= 15 is 0 Å². The molecule has 134 valence electrons. The maximum Gasteiger partial charge on any atom is 0.321 e. The highest BCUT2D eigenvalue weighted by Gasteiger charge is 2.20. The number of ether oxygens (including phenoxy) is 1. The van der Waals surface area contributed by atoms with Gasteiger partial charge in [-0.25, -0.2) is 4.79 Å². The molecule has 2 aromatic rings. The molecule has 0 spiro atoms. The molecule has 1 aromatic carbocycles. The van der Waals surface area contributed by atoms with Gasteiger partial charge in [-0.1, -0.05) is 12.1 Å². The summed E-state index contributed by atoms with van der Waals surface area (Å²) in [6.07, 6.45) is 2.76. The Morgan fingerprint density at radius 3 is 2.60 bits per heavy atom. The van der Waals surface area contributed by atoms with E-state index in [1.807, 2.05) is 35.2 Å². The summed E-state index contributed by atoms with van der Waals surface area (Å²) in [5.41, 5.74) is 2.80. The van der Waals surface area contributed by atoms with Gasteiger partial charge in [0.25, 0.3) is 0 Å². The fraction of sp³-hybridized carbons (Fsp3) is 0.444. The highest BCUT2D eigenvalue weighted by atomic mass is 16.5. The maximum absolute atomic E-state index is 12.4. The summed E-state index contributed by atoms with van der Waals surface area (Å²) in [4.78, 5) is 16.7. The number of nitrogens with one attached hydrogen (secondary N) is 2. The zero-order chi connectivity index (χ0) is 17.5. The monoisotopic (exact) mass is 343 g/mol. The number of urea groups is 1. The molecule has 3 rings (SSSR count). The molecule has 1 aromatic heterocycles. The van der Waals surface area contributed by atoms with Gasteiger partial charge in [0.2, 0.25) is 0 Å². The molecule has 0 bridgehead atoms. The number of carbonyl (C=O) groups excluding carboxylic acids is 1. The van der Waals surface area contributed by atoms with Crippen LogP contribution in [0.15, 0.2) is 36.5 Å². The van der Waals surface area contributed by atoms with Gasteiger partial charge in [0.1, 0.15) is 0 Å². The molecule has 2 N–H and O–H groups in total. The van der Waals surface area contributed by atoms with E-state index in [1.165, 1.54) is 0 Å². The van der Waals surface area contributed by atoms with E-state index in [2.05, 4.69) is 20.4 Å². The molecule has 1 saturated heterocycles. The van der Waals surface area contributed by atoms with Gasteiger partial charge < -0.3 is 15.0 Å². The van der Waals surface area contributed by atoms with Gasteiger partial charge in [-0.3, -0.25) is 10.00 Å². The molecule has 0 unspecified atom stereocenters. The van der Waals surface area contributed by atoms with Crippen molar-refractivity contribution < 1.29 is 9.53 Å². The average molecular weight is 343 g/mol. The summed E-state index contributed by atoms with van der Waals surface area (Å²) >= 11 is 0. The number of nitrogens with zero attached hydrogens (tertiary/aromatic N) is 3. The van der Waals surface area contributed by atoms with Gasteiger partial charge in [0, 0.05) is 58.3 Å². The summed E-state index contributed by atoms with van der Waals surface area (Å²) in [7, 11) is 1.73. The van der Waals surface area contributed by atoms with Crippen molar-refractivity contribution in [3.05, 3.63) is 36.5 Å². The lowest BCUT2D eigenvalue weighted by molar-refractivity contribution is 0.130. The molecule has 1 aliphatic heterocycles. The minimum atomic E-state index is -0.0363. The fourth-order valence-corrected chi connectivity index (χ4v) is 2.96. The number of aromatic amines is 1. The molecular formula is C18H25N5O2. The van der Waals surface area contributed by atoms with Crippen LogP contribution in [0, 0.1) is 0 Å². The number of piperazine rings is 1. The summed E-state index contributed by atoms with van der Waals surface area (Å²) in [6.45, 7) is 5.15. The zero-order valence-electron chi connectivity index (χ0n) is 14.6. The first-order valence-corrected chi connectivity index (χ1v) is 8.63. The van der Waals surface area contributed by atoms with Crippen molar-refractivity contribution in [1.29, 1.82) is 0 Å². The number of methoxy groups -OCH3 is 1. The van der Waals surface area contributed by atoms with Crippen LogP contribution in [0.4, 0.5) is 10.5 Å². The first-order valence-electron chi connectivity index (χ1n) is 8.63. The lowest BCUT2D eigenvalue weighted by atomic mass is 10.1. The lowest BCUT2D eigenvalue weighted by Gasteiger charge is -2.34. The number of benzene rings is 1. The molecule has 7 heteroatoms. The van der Waals surface area contributed by atoms with Crippen LogP contribution in [-0.4, -0.2) is 72.5 Å². The Morgan fingerprint density at radius 2 is 1.96 bits per heavy atom. The van der Waals surface area contributed by atoms with E-state index in [-0.39, 0.29) is 6.03 Å². The SMILES string of the molecule is COCCCN1CCN(C(=O)Nc2ccc(-c3ccn[nH]3)cc2)CC1. The topological polar surface area (TPSA) is 73.5 Å². The third kappa shape index (κ3) is 4.80. The van der Waals surface area contributed by atoms with Crippen LogP contribution in [0.3, 0.4) is 0 Å². The quantitative estimate of drug-likeness (QED) is 0.789. The first kappa shape index (κ1) is 17.4. The Balaban J connectivity index is 1.46. The summed E-state index contributed by atoms with van der Waals surface area (Å²) in [5.74, 6) is 0. The second-order valence-corrected chi connectivity index (χ2v) is 6.15. The number of hydrogen-bond donors (Lipinski definition) is 2. The molecule has 1 fully saturated rings. The Bertz CT molecular complexity index is 649. The van der Waals surface area contributed by atoms with Crippen LogP contribution in [0.2, 0.25) is 0 Å². The molecule has 0 saturated carbocycles. The molecule has 1 aliphatic rings. The first-order chi connectivity index (χ1) is 12.3. The Hall–Kier alpha value is -2.38. The van der Waals surface area contributed by atoms with Gasteiger partial charge in [0.15, 0.2) is 0 Å². The van der Waals surface area contributed by atoms with E-state index < -0.39 is 0 Å². The van der Waals surface area contributed by atoms with Crippen molar-refractivity contribution in [3.8, 4) is 11.3 Å².